The molecule has 2 N–H and O–H groups in total. The first-order valence-electron chi connectivity index (χ1n) is 11.8. The lowest BCUT2D eigenvalue weighted by Crippen LogP contribution is -2.43. The van der Waals surface area contributed by atoms with E-state index in [0.717, 1.165) is 31.7 Å². The van der Waals surface area contributed by atoms with Gasteiger partial charge in [0.15, 0.2) is 9.84 Å². The van der Waals surface area contributed by atoms with Gasteiger partial charge >= 0.3 is 6.09 Å². The lowest BCUT2D eigenvalue weighted by molar-refractivity contribution is 0.0184. The van der Waals surface area contributed by atoms with Gasteiger partial charge in [-0.3, -0.25) is 0 Å². The van der Waals surface area contributed by atoms with Gasteiger partial charge in [0.2, 0.25) is 0 Å². The SMILES string of the molecule is CC(C)(C)OC(=O)N1CCC(CNCCc2cc(Nc3cc(F)c(S(C)(=O)=O)cc3F)ncn2)CC1. The molecule has 36 heavy (non-hydrogen) atoms. The highest BCUT2D eigenvalue weighted by Crippen LogP contribution is 2.25. The van der Waals surface area contributed by atoms with Crippen LogP contribution in [-0.2, 0) is 21.0 Å². The molecule has 0 atom stereocenters. The molecule has 1 saturated heterocycles. The Morgan fingerprint density at radius 2 is 1.83 bits per heavy atom. The van der Waals surface area contributed by atoms with Crippen molar-refractivity contribution in [3.63, 3.8) is 0 Å². The minimum absolute atomic E-state index is 0.222. The number of hydrogen-bond donors (Lipinski definition) is 2. The zero-order valence-electron chi connectivity index (χ0n) is 21.0. The number of amides is 1. The van der Waals surface area contributed by atoms with Crippen LogP contribution in [0.15, 0.2) is 29.4 Å². The van der Waals surface area contributed by atoms with Crippen LogP contribution in [0.3, 0.4) is 0 Å². The molecule has 9 nitrogen and oxygen atoms in total. The predicted octanol–water partition coefficient (Wildman–Crippen LogP) is 3.68. The number of carbonyl (C=O) groups is 1. The van der Waals surface area contributed by atoms with Gasteiger partial charge in [0, 0.05) is 50.1 Å². The number of carbonyl (C=O) groups excluding carboxylic acids is 1. The van der Waals surface area contributed by atoms with E-state index in [4.69, 9.17) is 4.74 Å². The van der Waals surface area contributed by atoms with Gasteiger partial charge in [0.1, 0.15) is 34.3 Å². The van der Waals surface area contributed by atoms with Crippen molar-refractivity contribution in [1.82, 2.24) is 20.2 Å². The standard InChI is InChI=1S/C24H33F2N5O4S/c1-24(2,3)35-23(32)31-9-6-16(7-10-31)14-27-8-5-17-11-22(29-15-28-17)30-20-12-19(26)21(13-18(20)25)36(4,33)34/h11-13,15-16,27H,5-10,14H2,1-4H3,(H,28,29,30). The fourth-order valence-corrected chi connectivity index (χ4v) is 4.55. The molecule has 1 aromatic heterocycles. The van der Waals surface area contributed by atoms with Crippen molar-refractivity contribution in [2.75, 3.05) is 37.8 Å². The van der Waals surface area contributed by atoms with Crippen LogP contribution in [0.5, 0.6) is 0 Å². The Labute approximate surface area is 210 Å². The number of aromatic nitrogens is 2. The fraction of sp³-hybridized carbons (Fsp3) is 0.542. The molecule has 1 aliphatic heterocycles. The summed E-state index contributed by atoms with van der Waals surface area (Å²) in [6, 6.07) is 3.07. The molecule has 1 aromatic carbocycles. The molecule has 0 aliphatic carbocycles. The maximum absolute atomic E-state index is 14.3. The van der Waals surface area contributed by atoms with Gasteiger partial charge in [-0.2, -0.15) is 0 Å². The van der Waals surface area contributed by atoms with Crippen LogP contribution < -0.4 is 10.6 Å². The van der Waals surface area contributed by atoms with Crippen molar-refractivity contribution < 1.29 is 26.7 Å². The normalized spacial score (nSPS) is 15.1. The Hall–Kier alpha value is -2.86. The van der Waals surface area contributed by atoms with Crippen molar-refractivity contribution in [2.45, 2.75) is 50.5 Å². The number of ether oxygens (including phenoxy) is 1. The van der Waals surface area contributed by atoms with E-state index in [1.165, 1.54) is 6.33 Å². The van der Waals surface area contributed by atoms with Gasteiger partial charge in [-0.05, 0) is 52.1 Å². The van der Waals surface area contributed by atoms with Crippen LogP contribution >= 0.6 is 0 Å². The number of nitrogens with one attached hydrogen (secondary N) is 2. The lowest BCUT2D eigenvalue weighted by Gasteiger charge is -2.33. The fourth-order valence-electron chi connectivity index (χ4n) is 3.82. The summed E-state index contributed by atoms with van der Waals surface area (Å²) in [6.45, 7) is 8.39. The Kier molecular flexibility index (Phi) is 8.83. The molecule has 0 radical (unpaired) electrons. The second-order valence-corrected chi connectivity index (χ2v) is 11.9. The van der Waals surface area contributed by atoms with Crippen LogP contribution in [0.2, 0.25) is 0 Å². The van der Waals surface area contributed by atoms with Crippen LogP contribution in [0.4, 0.5) is 25.1 Å². The average Bonchev–Trinajstić information content (AvgIpc) is 2.78. The highest BCUT2D eigenvalue weighted by molar-refractivity contribution is 7.90. The summed E-state index contributed by atoms with van der Waals surface area (Å²) in [5, 5.41) is 6.09. The number of anilines is 2. The first kappa shape index (κ1) is 27.7. The van der Waals surface area contributed by atoms with Crippen LogP contribution in [0.25, 0.3) is 0 Å². The zero-order chi connectivity index (χ0) is 26.5. The van der Waals surface area contributed by atoms with Crippen LogP contribution in [-0.4, -0.2) is 67.4 Å². The maximum Gasteiger partial charge on any atom is 0.410 e. The smallest absolute Gasteiger partial charge is 0.410 e. The molecule has 0 spiro atoms. The highest BCUT2D eigenvalue weighted by atomic mass is 32.2. The number of benzene rings is 1. The monoisotopic (exact) mass is 525 g/mol. The van der Waals surface area contributed by atoms with E-state index in [1.54, 1.807) is 11.0 Å². The summed E-state index contributed by atoms with van der Waals surface area (Å²) < 4.78 is 57.0. The van der Waals surface area contributed by atoms with Gasteiger partial charge in [-0.1, -0.05) is 0 Å². The summed E-state index contributed by atoms with van der Waals surface area (Å²) in [6.07, 6.45) is 4.26. The number of nitrogens with zero attached hydrogens (tertiary/aromatic N) is 3. The summed E-state index contributed by atoms with van der Waals surface area (Å²) in [5.41, 5.74) is -0.0206. The molecule has 12 heteroatoms. The Bertz CT molecular complexity index is 1180. The molecule has 2 heterocycles. The van der Waals surface area contributed by atoms with E-state index < -0.39 is 32.0 Å². The molecule has 198 valence electrons. The van der Waals surface area contributed by atoms with E-state index in [9.17, 15) is 22.0 Å². The summed E-state index contributed by atoms with van der Waals surface area (Å²) in [5.74, 6) is -1.23. The molecule has 3 rings (SSSR count). The van der Waals surface area contributed by atoms with Crippen molar-refractivity contribution in [3.8, 4) is 0 Å². The molecule has 0 unspecified atom stereocenters. The van der Waals surface area contributed by atoms with E-state index in [1.807, 2.05) is 20.8 Å². The number of halogens is 2. The number of hydrogen-bond acceptors (Lipinski definition) is 8. The summed E-state index contributed by atoms with van der Waals surface area (Å²) in [4.78, 5) is 21.5. The zero-order valence-corrected chi connectivity index (χ0v) is 21.8. The molecule has 0 saturated carbocycles. The minimum atomic E-state index is -3.89. The predicted molar refractivity (Wildman–Crippen MR) is 132 cm³/mol. The molecule has 1 fully saturated rings. The van der Waals surface area contributed by atoms with E-state index in [-0.39, 0.29) is 17.6 Å². The third kappa shape index (κ3) is 8.09. The summed E-state index contributed by atoms with van der Waals surface area (Å²) >= 11 is 0. The number of piperidine rings is 1. The Balaban J connectivity index is 1.46. The molecule has 0 bridgehead atoms. The third-order valence-electron chi connectivity index (χ3n) is 5.66. The molecular formula is C24H33F2N5O4S. The number of likely N-dealkylation sites (tertiary alicyclic amines) is 1. The first-order chi connectivity index (χ1) is 16.8. The topological polar surface area (TPSA) is 114 Å². The molecular weight excluding hydrogens is 492 g/mol. The van der Waals surface area contributed by atoms with E-state index in [2.05, 4.69) is 20.6 Å². The van der Waals surface area contributed by atoms with Gasteiger partial charge < -0.3 is 20.3 Å². The van der Waals surface area contributed by atoms with Crippen LogP contribution in [0.1, 0.15) is 39.3 Å². The van der Waals surface area contributed by atoms with Crippen molar-refractivity contribution in [3.05, 3.63) is 41.9 Å². The van der Waals surface area contributed by atoms with Crippen molar-refractivity contribution in [1.29, 1.82) is 0 Å². The second kappa shape index (κ2) is 11.5. The maximum atomic E-state index is 14.3. The van der Waals surface area contributed by atoms with Gasteiger partial charge in [0.05, 0.1) is 5.69 Å². The van der Waals surface area contributed by atoms with Gasteiger partial charge in [-0.25, -0.2) is 32.0 Å². The Morgan fingerprint density at radius 1 is 1.14 bits per heavy atom. The van der Waals surface area contributed by atoms with Gasteiger partial charge in [0.25, 0.3) is 0 Å². The average molecular weight is 526 g/mol. The van der Waals surface area contributed by atoms with Gasteiger partial charge in [-0.15, -0.1) is 0 Å². The number of sulfone groups is 1. The van der Waals surface area contributed by atoms with Crippen molar-refractivity contribution >= 4 is 27.4 Å². The third-order valence-corrected chi connectivity index (χ3v) is 6.78. The highest BCUT2D eigenvalue weighted by Gasteiger charge is 2.26. The van der Waals surface area contributed by atoms with Crippen LogP contribution in [0, 0.1) is 17.6 Å². The largest absolute Gasteiger partial charge is 0.444 e. The quantitative estimate of drug-likeness (QED) is 0.502. The molecule has 1 aliphatic rings. The van der Waals surface area contributed by atoms with E-state index >= 15 is 0 Å². The molecule has 2 aromatic rings. The molecule has 1 amide bonds. The van der Waals surface area contributed by atoms with E-state index in [0.29, 0.717) is 43.7 Å². The lowest BCUT2D eigenvalue weighted by atomic mass is 9.97. The Morgan fingerprint density at radius 3 is 2.47 bits per heavy atom. The summed E-state index contributed by atoms with van der Waals surface area (Å²) in [7, 11) is -3.89. The first-order valence-corrected chi connectivity index (χ1v) is 13.7. The second-order valence-electron chi connectivity index (χ2n) is 9.92. The number of rotatable bonds is 8. The minimum Gasteiger partial charge on any atom is -0.444 e. The van der Waals surface area contributed by atoms with Crippen molar-refractivity contribution in [2.24, 2.45) is 5.92 Å².